The third-order valence-electron chi connectivity index (χ3n) is 3.00. The monoisotopic (exact) mass is 223 g/mol. The van der Waals surface area contributed by atoms with Gasteiger partial charge in [0.2, 0.25) is 6.41 Å². The summed E-state index contributed by atoms with van der Waals surface area (Å²) in [5.41, 5.74) is -0.759. The molecule has 1 aromatic rings. The van der Waals surface area contributed by atoms with Crippen molar-refractivity contribution in [2.75, 3.05) is 0 Å². The molecule has 2 N–H and O–H groups in total. The van der Waals surface area contributed by atoms with Crippen LogP contribution in [0.4, 0.5) is 4.39 Å². The molecule has 0 spiro atoms. The fourth-order valence-electron chi connectivity index (χ4n) is 2.19. The number of aliphatic carboxylic acids is 1. The molecule has 4 nitrogen and oxygen atoms in total. The van der Waals surface area contributed by atoms with Crippen LogP contribution < -0.4 is 5.32 Å². The Morgan fingerprint density at radius 3 is 2.94 bits per heavy atom. The standard InChI is InChI=1S/C11H10FNO3/c12-9-3-1-2-8-7(9)4-5-11(8,10(15)16)13-6-14/h1-3,6H,4-5H2,(H,13,14)(H,15,16). The minimum absolute atomic E-state index is 0.178. The summed E-state index contributed by atoms with van der Waals surface area (Å²) in [5, 5.41) is 11.5. The Morgan fingerprint density at radius 2 is 2.31 bits per heavy atom. The van der Waals surface area contributed by atoms with Crippen molar-refractivity contribution in [1.82, 2.24) is 5.32 Å². The van der Waals surface area contributed by atoms with Gasteiger partial charge in [0, 0.05) is 0 Å². The van der Waals surface area contributed by atoms with Gasteiger partial charge in [-0.15, -0.1) is 0 Å². The van der Waals surface area contributed by atoms with Crippen molar-refractivity contribution in [3.05, 3.63) is 35.1 Å². The van der Waals surface area contributed by atoms with Crippen LogP contribution >= 0.6 is 0 Å². The summed E-state index contributed by atoms with van der Waals surface area (Å²) in [6, 6.07) is 4.28. The molecule has 0 heterocycles. The van der Waals surface area contributed by atoms with Gasteiger partial charge in [0.15, 0.2) is 5.54 Å². The van der Waals surface area contributed by atoms with E-state index in [2.05, 4.69) is 5.32 Å². The molecule has 0 fully saturated rings. The molecule has 2 rings (SSSR count). The summed E-state index contributed by atoms with van der Waals surface area (Å²) in [5.74, 6) is -1.59. The van der Waals surface area contributed by atoms with Crippen LogP contribution in [0.1, 0.15) is 17.5 Å². The number of benzene rings is 1. The highest BCUT2D eigenvalue weighted by atomic mass is 19.1. The SMILES string of the molecule is O=CNC1(C(=O)O)CCc2c(F)cccc21. The summed E-state index contributed by atoms with van der Waals surface area (Å²) < 4.78 is 13.4. The number of halogens is 1. The lowest BCUT2D eigenvalue weighted by Crippen LogP contribution is -2.46. The molecule has 0 bridgehead atoms. The number of rotatable bonds is 3. The van der Waals surface area contributed by atoms with Crippen LogP contribution in [0.15, 0.2) is 18.2 Å². The average molecular weight is 223 g/mol. The fraction of sp³-hybridized carbons (Fsp3) is 0.273. The minimum atomic E-state index is -1.47. The topological polar surface area (TPSA) is 66.4 Å². The van der Waals surface area contributed by atoms with E-state index in [1.54, 1.807) is 0 Å². The van der Waals surface area contributed by atoms with E-state index >= 15 is 0 Å². The van der Waals surface area contributed by atoms with Crippen molar-refractivity contribution in [1.29, 1.82) is 0 Å². The second-order valence-electron chi connectivity index (χ2n) is 3.74. The molecule has 1 amide bonds. The third-order valence-corrected chi connectivity index (χ3v) is 3.00. The van der Waals surface area contributed by atoms with Crippen molar-refractivity contribution in [2.24, 2.45) is 0 Å². The van der Waals surface area contributed by atoms with Gasteiger partial charge in [-0.3, -0.25) is 4.79 Å². The van der Waals surface area contributed by atoms with Crippen molar-refractivity contribution in [3.8, 4) is 0 Å². The van der Waals surface area contributed by atoms with Crippen LogP contribution in [0.25, 0.3) is 0 Å². The normalized spacial score (nSPS) is 22.6. The molecule has 0 aromatic heterocycles. The zero-order valence-electron chi connectivity index (χ0n) is 8.37. The molecule has 1 aliphatic carbocycles. The lowest BCUT2D eigenvalue weighted by Gasteiger charge is -2.24. The zero-order chi connectivity index (χ0) is 11.8. The number of carbonyl (C=O) groups is 2. The van der Waals surface area contributed by atoms with Gasteiger partial charge >= 0.3 is 5.97 Å². The van der Waals surface area contributed by atoms with E-state index in [4.69, 9.17) is 0 Å². The molecule has 0 saturated heterocycles. The first-order valence-electron chi connectivity index (χ1n) is 4.84. The Balaban J connectivity index is 2.59. The molecule has 1 atom stereocenters. The molecule has 5 heteroatoms. The molecule has 84 valence electrons. The van der Waals surface area contributed by atoms with Gasteiger partial charge in [0.25, 0.3) is 0 Å². The van der Waals surface area contributed by atoms with E-state index in [1.165, 1.54) is 18.2 Å². The predicted molar refractivity (Wildman–Crippen MR) is 53.2 cm³/mol. The summed E-state index contributed by atoms with van der Waals surface area (Å²) in [7, 11) is 0. The first-order chi connectivity index (χ1) is 7.62. The van der Waals surface area contributed by atoms with Gasteiger partial charge in [0.05, 0.1) is 0 Å². The third kappa shape index (κ3) is 1.28. The number of hydrogen-bond acceptors (Lipinski definition) is 2. The second kappa shape index (κ2) is 3.59. The first-order valence-corrected chi connectivity index (χ1v) is 4.84. The fourth-order valence-corrected chi connectivity index (χ4v) is 2.19. The highest BCUT2D eigenvalue weighted by molar-refractivity contribution is 5.85. The highest BCUT2D eigenvalue weighted by Crippen LogP contribution is 2.38. The molecule has 0 aliphatic heterocycles. The number of carboxylic acids is 1. The Labute approximate surface area is 91.1 Å². The molecule has 0 radical (unpaired) electrons. The first kappa shape index (κ1) is 10.6. The predicted octanol–water partition coefficient (Wildman–Crippen LogP) is 0.798. The maximum atomic E-state index is 13.4. The number of amides is 1. The maximum Gasteiger partial charge on any atom is 0.334 e. The summed E-state index contributed by atoms with van der Waals surface area (Å²) in [4.78, 5) is 21.7. The van der Waals surface area contributed by atoms with Crippen molar-refractivity contribution in [2.45, 2.75) is 18.4 Å². The van der Waals surface area contributed by atoms with E-state index in [1.807, 2.05) is 0 Å². The molecular weight excluding hydrogens is 213 g/mol. The lowest BCUT2D eigenvalue weighted by molar-refractivity contribution is -0.146. The largest absolute Gasteiger partial charge is 0.479 e. The number of hydrogen-bond donors (Lipinski definition) is 2. The number of nitrogens with one attached hydrogen (secondary N) is 1. The molecule has 1 unspecified atom stereocenters. The van der Waals surface area contributed by atoms with Crippen molar-refractivity contribution >= 4 is 12.4 Å². The van der Waals surface area contributed by atoms with Crippen molar-refractivity contribution < 1.29 is 19.1 Å². The summed E-state index contributed by atoms with van der Waals surface area (Å²) >= 11 is 0. The van der Waals surface area contributed by atoms with Gasteiger partial charge in [0.1, 0.15) is 5.82 Å². The van der Waals surface area contributed by atoms with Crippen molar-refractivity contribution in [3.63, 3.8) is 0 Å². The van der Waals surface area contributed by atoms with Crippen LogP contribution in [0.5, 0.6) is 0 Å². The van der Waals surface area contributed by atoms with E-state index in [9.17, 15) is 19.1 Å². The number of carbonyl (C=O) groups excluding carboxylic acids is 1. The van der Waals surface area contributed by atoms with E-state index in [0.717, 1.165) is 0 Å². The van der Waals surface area contributed by atoms with Crippen LogP contribution in [0.2, 0.25) is 0 Å². The van der Waals surface area contributed by atoms with Gasteiger partial charge in [-0.05, 0) is 30.0 Å². The Hall–Kier alpha value is -1.91. The number of carboxylic acid groups (broad SMARTS) is 1. The van der Waals surface area contributed by atoms with E-state index in [-0.39, 0.29) is 6.42 Å². The molecule has 1 aliphatic rings. The van der Waals surface area contributed by atoms with Crippen LogP contribution in [0.3, 0.4) is 0 Å². The molecule has 1 aromatic carbocycles. The molecule has 0 saturated carbocycles. The maximum absolute atomic E-state index is 13.4. The van der Waals surface area contributed by atoms with Gasteiger partial charge in [-0.25, -0.2) is 9.18 Å². The van der Waals surface area contributed by atoms with Gasteiger partial charge in [-0.1, -0.05) is 12.1 Å². The quantitative estimate of drug-likeness (QED) is 0.745. The summed E-state index contributed by atoms with van der Waals surface area (Å²) in [6.45, 7) is 0. The van der Waals surface area contributed by atoms with Crippen LogP contribution in [-0.2, 0) is 21.5 Å². The number of fused-ring (bicyclic) bond motifs is 1. The smallest absolute Gasteiger partial charge is 0.334 e. The highest BCUT2D eigenvalue weighted by Gasteiger charge is 2.46. The Morgan fingerprint density at radius 1 is 1.56 bits per heavy atom. The lowest BCUT2D eigenvalue weighted by atomic mass is 9.92. The minimum Gasteiger partial charge on any atom is -0.479 e. The Kier molecular flexibility index (Phi) is 2.38. The molecule has 16 heavy (non-hydrogen) atoms. The average Bonchev–Trinajstić information content (AvgIpc) is 2.61. The van der Waals surface area contributed by atoms with Gasteiger partial charge in [-0.2, -0.15) is 0 Å². The van der Waals surface area contributed by atoms with E-state index in [0.29, 0.717) is 24.0 Å². The zero-order valence-corrected chi connectivity index (χ0v) is 8.37. The molecular formula is C11H10FNO3. The van der Waals surface area contributed by atoms with Gasteiger partial charge < -0.3 is 10.4 Å². The summed E-state index contributed by atoms with van der Waals surface area (Å²) in [6.07, 6.45) is 0.834. The Bertz CT molecular complexity index is 461. The van der Waals surface area contributed by atoms with E-state index < -0.39 is 17.3 Å². The van der Waals surface area contributed by atoms with Crippen LogP contribution in [-0.4, -0.2) is 17.5 Å². The van der Waals surface area contributed by atoms with Crippen LogP contribution in [0, 0.1) is 5.82 Å². The second-order valence-corrected chi connectivity index (χ2v) is 3.74.